The van der Waals surface area contributed by atoms with Crippen molar-refractivity contribution in [2.45, 2.75) is 0 Å². The predicted octanol–water partition coefficient (Wildman–Crippen LogP) is 4.27. The lowest BCUT2D eigenvalue weighted by Gasteiger charge is -1.99. The molecule has 0 aliphatic heterocycles. The first-order valence-corrected chi connectivity index (χ1v) is 6.03. The third-order valence-corrected chi connectivity index (χ3v) is 3.83. The standard InChI is InChI=1S/C8H3BrCl2N2S/c9-5-3-12-8(13-6(5)10)4-1-2-14-7(4)11/h1-3H. The van der Waals surface area contributed by atoms with Crippen molar-refractivity contribution in [2.24, 2.45) is 0 Å². The Hall–Kier alpha value is -0.160. The molecule has 0 N–H and O–H groups in total. The van der Waals surface area contributed by atoms with E-state index in [4.69, 9.17) is 23.2 Å². The molecule has 0 saturated carbocycles. The summed E-state index contributed by atoms with van der Waals surface area (Å²) in [5.41, 5.74) is 0.811. The van der Waals surface area contributed by atoms with Gasteiger partial charge in [0.05, 0.1) is 4.47 Å². The molecular formula is C8H3BrCl2N2S. The van der Waals surface area contributed by atoms with Crippen molar-refractivity contribution in [3.8, 4) is 11.4 Å². The third-order valence-electron chi connectivity index (χ3n) is 1.56. The monoisotopic (exact) mass is 308 g/mol. The number of hydrogen-bond acceptors (Lipinski definition) is 3. The van der Waals surface area contributed by atoms with Gasteiger partial charge in [-0.25, -0.2) is 9.97 Å². The molecule has 0 unspecified atom stereocenters. The Morgan fingerprint density at radius 3 is 2.71 bits per heavy atom. The number of rotatable bonds is 1. The van der Waals surface area contributed by atoms with Crippen LogP contribution in [0.4, 0.5) is 0 Å². The summed E-state index contributed by atoms with van der Waals surface area (Å²) in [4.78, 5) is 8.23. The first-order valence-electron chi connectivity index (χ1n) is 3.60. The Morgan fingerprint density at radius 1 is 1.36 bits per heavy atom. The fraction of sp³-hybridized carbons (Fsp3) is 0. The zero-order valence-corrected chi connectivity index (χ0v) is 10.6. The van der Waals surface area contributed by atoms with E-state index < -0.39 is 0 Å². The molecule has 0 bridgehead atoms. The van der Waals surface area contributed by atoms with Crippen LogP contribution >= 0.6 is 50.5 Å². The van der Waals surface area contributed by atoms with E-state index in [1.807, 2.05) is 11.4 Å². The average Bonchev–Trinajstić information content (AvgIpc) is 2.57. The van der Waals surface area contributed by atoms with Gasteiger partial charge in [0.25, 0.3) is 0 Å². The number of hydrogen-bond donors (Lipinski definition) is 0. The predicted molar refractivity (Wildman–Crippen MR) is 63.1 cm³/mol. The summed E-state index contributed by atoms with van der Waals surface area (Å²) in [5.74, 6) is 0.546. The minimum Gasteiger partial charge on any atom is -0.235 e. The van der Waals surface area contributed by atoms with Crippen LogP contribution in [0.15, 0.2) is 22.1 Å². The van der Waals surface area contributed by atoms with Crippen molar-refractivity contribution in [1.82, 2.24) is 9.97 Å². The summed E-state index contributed by atoms with van der Waals surface area (Å²) in [5, 5.41) is 2.27. The minimum atomic E-state index is 0.386. The molecule has 0 saturated heterocycles. The van der Waals surface area contributed by atoms with Gasteiger partial charge in [-0.2, -0.15) is 0 Å². The highest BCUT2D eigenvalue weighted by Crippen LogP contribution is 2.31. The zero-order valence-electron chi connectivity index (χ0n) is 6.67. The molecule has 0 aromatic carbocycles. The highest BCUT2D eigenvalue weighted by molar-refractivity contribution is 9.10. The van der Waals surface area contributed by atoms with Crippen molar-refractivity contribution in [1.29, 1.82) is 0 Å². The van der Waals surface area contributed by atoms with Gasteiger partial charge in [0.1, 0.15) is 9.49 Å². The number of thiophene rings is 1. The second kappa shape index (κ2) is 4.14. The van der Waals surface area contributed by atoms with E-state index in [1.165, 1.54) is 11.3 Å². The fourth-order valence-electron chi connectivity index (χ4n) is 0.929. The van der Waals surface area contributed by atoms with E-state index in [9.17, 15) is 0 Å². The number of halogens is 3. The van der Waals surface area contributed by atoms with Gasteiger partial charge < -0.3 is 0 Å². The van der Waals surface area contributed by atoms with Crippen molar-refractivity contribution in [3.63, 3.8) is 0 Å². The molecule has 2 aromatic rings. The molecular weight excluding hydrogens is 307 g/mol. The summed E-state index contributed by atoms with van der Waals surface area (Å²) in [6, 6.07) is 1.87. The van der Waals surface area contributed by atoms with E-state index >= 15 is 0 Å². The van der Waals surface area contributed by atoms with Crippen molar-refractivity contribution in [2.75, 3.05) is 0 Å². The van der Waals surface area contributed by atoms with Crippen LogP contribution in [0.3, 0.4) is 0 Å². The van der Waals surface area contributed by atoms with Crippen LogP contribution < -0.4 is 0 Å². The van der Waals surface area contributed by atoms with Crippen LogP contribution in [0.1, 0.15) is 0 Å². The topological polar surface area (TPSA) is 25.8 Å². The highest BCUT2D eigenvalue weighted by atomic mass is 79.9. The molecule has 0 amide bonds. The zero-order chi connectivity index (χ0) is 10.1. The lowest BCUT2D eigenvalue weighted by atomic mass is 10.3. The lowest BCUT2D eigenvalue weighted by molar-refractivity contribution is 1.16. The van der Waals surface area contributed by atoms with Gasteiger partial charge in [0.2, 0.25) is 0 Å². The van der Waals surface area contributed by atoms with Crippen LogP contribution in [0.5, 0.6) is 0 Å². The van der Waals surface area contributed by atoms with Crippen LogP contribution in [-0.2, 0) is 0 Å². The maximum Gasteiger partial charge on any atom is 0.163 e. The molecule has 0 spiro atoms. The molecule has 2 nitrogen and oxygen atoms in total. The maximum absolute atomic E-state index is 5.95. The van der Waals surface area contributed by atoms with E-state index in [-0.39, 0.29) is 0 Å². The molecule has 0 fully saturated rings. The molecule has 6 heteroatoms. The number of aromatic nitrogens is 2. The van der Waals surface area contributed by atoms with Crippen molar-refractivity contribution in [3.05, 3.63) is 31.6 Å². The van der Waals surface area contributed by atoms with Gasteiger partial charge in [-0.3, -0.25) is 0 Å². The Kier molecular flexibility index (Phi) is 3.07. The smallest absolute Gasteiger partial charge is 0.163 e. The summed E-state index contributed by atoms with van der Waals surface area (Å²) in [6.07, 6.45) is 1.61. The highest BCUT2D eigenvalue weighted by Gasteiger charge is 2.09. The number of nitrogens with zero attached hydrogens (tertiary/aromatic N) is 2. The lowest BCUT2D eigenvalue weighted by Crippen LogP contribution is -1.88. The Labute approximate surface area is 103 Å². The van der Waals surface area contributed by atoms with Gasteiger partial charge in [0.15, 0.2) is 5.82 Å². The Bertz CT molecular complexity index is 472. The van der Waals surface area contributed by atoms with Gasteiger partial charge in [-0.1, -0.05) is 23.2 Å². The first-order chi connectivity index (χ1) is 6.68. The average molecular weight is 310 g/mol. The van der Waals surface area contributed by atoms with Crippen molar-refractivity contribution < 1.29 is 0 Å². The molecule has 14 heavy (non-hydrogen) atoms. The third kappa shape index (κ3) is 1.93. The summed E-state index contributed by atoms with van der Waals surface area (Å²) in [6.45, 7) is 0. The van der Waals surface area contributed by atoms with Crippen LogP contribution in [0.25, 0.3) is 11.4 Å². The van der Waals surface area contributed by atoms with Gasteiger partial charge >= 0.3 is 0 Å². The summed E-state index contributed by atoms with van der Waals surface area (Å²) in [7, 11) is 0. The molecule has 2 aromatic heterocycles. The van der Waals surface area contributed by atoms with E-state index in [2.05, 4.69) is 25.9 Å². The van der Waals surface area contributed by atoms with Crippen molar-refractivity contribution >= 4 is 50.5 Å². The molecule has 2 rings (SSSR count). The van der Waals surface area contributed by atoms with E-state index in [0.29, 0.717) is 19.8 Å². The SMILES string of the molecule is Clc1nc(-c2ccsc2Cl)ncc1Br. The normalized spacial score (nSPS) is 10.5. The molecule has 0 radical (unpaired) electrons. The molecule has 72 valence electrons. The Morgan fingerprint density at radius 2 is 2.14 bits per heavy atom. The largest absolute Gasteiger partial charge is 0.235 e. The van der Waals surface area contributed by atoms with Crippen LogP contribution in [-0.4, -0.2) is 9.97 Å². The maximum atomic E-state index is 5.95. The second-order valence-corrected chi connectivity index (χ2v) is 5.17. The van der Waals surface area contributed by atoms with E-state index in [1.54, 1.807) is 6.20 Å². The van der Waals surface area contributed by atoms with Crippen LogP contribution in [0, 0.1) is 0 Å². The van der Waals surface area contributed by atoms with Gasteiger partial charge in [-0.15, -0.1) is 11.3 Å². The molecule has 2 heterocycles. The first kappa shape index (κ1) is 10.4. The van der Waals surface area contributed by atoms with E-state index in [0.717, 1.165) is 5.56 Å². The molecule has 0 aliphatic rings. The minimum absolute atomic E-state index is 0.386. The summed E-state index contributed by atoms with van der Waals surface area (Å²) >= 11 is 16.5. The fourth-order valence-corrected chi connectivity index (χ4v) is 2.16. The van der Waals surface area contributed by atoms with Gasteiger partial charge in [-0.05, 0) is 27.4 Å². The summed E-state index contributed by atoms with van der Waals surface area (Å²) < 4.78 is 1.35. The quantitative estimate of drug-likeness (QED) is 0.735. The van der Waals surface area contributed by atoms with Crippen LogP contribution in [0.2, 0.25) is 9.49 Å². The molecule has 0 aliphatic carbocycles. The second-order valence-electron chi connectivity index (χ2n) is 2.44. The van der Waals surface area contributed by atoms with Gasteiger partial charge in [0, 0.05) is 11.8 Å². The Balaban J connectivity index is 2.53. The molecule has 0 atom stereocenters.